The van der Waals surface area contributed by atoms with Crippen LogP contribution in [0.1, 0.15) is 24.5 Å². The van der Waals surface area contributed by atoms with Crippen molar-refractivity contribution in [2.24, 2.45) is 0 Å². The highest BCUT2D eigenvalue weighted by atomic mass is 16.5. The molecule has 1 N–H and O–H groups in total. The molecule has 106 valence electrons. The van der Waals surface area contributed by atoms with Gasteiger partial charge in [-0.1, -0.05) is 13.0 Å². The minimum atomic E-state index is 0.679. The molecule has 0 bridgehead atoms. The molecule has 4 nitrogen and oxygen atoms in total. The molecule has 0 saturated carbocycles. The highest BCUT2D eigenvalue weighted by Gasteiger charge is 2.03. The van der Waals surface area contributed by atoms with E-state index in [0.29, 0.717) is 6.61 Å². The van der Waals surface area contributed by atoms with Gasteiger partial charge in [0.15, 0.2) is 0 Å². The summed E-state index contributed by atoms with van der Waals surface area (Å²) < 4.78 is 5.79. The van der Waals surface area contributed by atoms with Gasteiger partial charge in [0.05, 0.1) is 6.61 Å². The molecule has 2 heterocycles. The second kappa shape index (κ2) is 8.27. The average Bonchev–Trinajstić information content (AvgIpc) is 2.51. The fraction of sp³-hybridized carbons (Fsp3) is 0.375. The van der Waals surface area contributed by atoms with E-state index in [-0.39, 0.29) is 0 Å². The van der Waals surface area contributed by atoms with Gasteiger partial charge in [0.1, 0.15) is 0 Å². The molecule has 0 aromatic carbocycles. The first-order valence-electron chi connectivity index (χ1n) is 7.06. The molecule has 0 atom stereocenters. The van der Waals surface area contributed by atoms with Crippen LogP contribution in [0.25, 0.3) is 0 Å². The van der Waals surface area contributed by atoms with Crippen molar-refractivity contribution < 1.29 is 4.74 Å². The summed E-state index contributed by atoms with van der Waals surface area (Å²) in [6, 6.07) is 8.07. The summed E-state index contributed by atoms with van der Waals surface area (Å²) in [7, 11) is 0. The van der Waals surface area contributed by atoms with Crippen molar-refractivity contribution in [2.45, 2.75) is 26.3 Å². The number of hydrogen-bond donors (Lipinski definition) is 1. The molecule has 0 unspecified atom stereocenters. The van der Waals surface area contributed by atoms with Crippen molar-refractivity contribution in [3.05, 3.63) is 54.0 Å². The molecular weight excluding hydrogens is 250 g/mol. The van der Waals surface area contributed by atoms with E-state index in [4.69, 9.17) is 4.74 Å². The summed E-state index contributed by atoms with van der Waals surface area (Å²) in [6.07, 6.45) is 7.39. The number of aromatic nitrogens is 2. The molecule has 0 fully saturated rings. The Morgan fingerprint density at radius 1 is 1.15 bits per heavy atom. The van der Waals surface area contributed by atoms with Gasteiger partial charge in [-0.05, 0) is 43.1 Å². The predicted molar refractivity (Wildman–Crippen MR) is 79.7 cm³/mol. The van der Waals surface area contributed by atoms with Crippen LogP contribution in [0.15, 0.2) is 42.9 Å². The molecule has 0 aliphatic rings. The molecule has 0 saturated heterocycles. The number of nitrogens with one attached hydrogen (secondary N) is 1. The summed E-state index contributed by atoms with van der Waals surface area (Å²) in [5.74, 6) is 0.739. The van der Waals surface area contributed by atoms with E-state index in [2.05, 4.69) is 22.2 Å². The van der Waals surface area contributed by atoms with Crippen LogP contribution in [-0.2, 0) is 13.0 Å². The Hall–Kier alpha value is -1.94. The molecule has 0 spiro atoms. The molecule has 2 aromatic heterocycles. The van der Waals surface area contributed by atoms with E-state index in [1.165, 1.54) is 5.56 Å². The second-order valence-electron chi connectivity index (χ2n) is 4.56. The standard InChI is InChI=1S/C16H21N3O/c1-2-17-13-15-6-3-9-19-16(15)20-12-4-5-14-7-10-18-11-8-14/h3,6-11,17H,2,4-5,12-13H2,1H3. The summed E-state index contributed by atoms with van der Waals surface area (Å²) in [5.41, 5.74) is 2.40. The van der Waals surface area contributed by atoms with E-state index in [0.717, 1.165) is 37.4 Å². The highest BCUT2D eigenvalue weighted by molar-refractivity contribution is 5.25. The first-order chi connectivity index (χ1) is 9.90. The van der Waals surface area contributed by atoms with Gasteiger partial charge in [0.2, 0.25) is 5.88 Å². The van der Waals surface area contributed by atoms with Crippen molar-refractivity contribution in [3.63, 3.8) is 0 Å². The number of nitrogens with zero attached hydrogens (tertiary/aromatic N) is 2. The maximum atomic E-state index is 5.79. The van der Waals surface area contributed by atoms with Crippen LogP contribution in [0, 0.1) is 0 Å². The molecule has 0 radical (unpaired) electrons. The molecule has 2 rings (SSSR count). The Morgan fingerprint density at radius 2 is 2.00 bits per heavy atom. The number of ether oxygens (including phenoxy) is 1. The maximum Gasteiger partial charge on any atom is 0.217 e. The summed E-state index contributed by atoms with van der Waals surface area (Å²) in [4.78, 5) is 8.32. The molecule has 0 amide bonds. The van der Waals surface area contributed by atoms with Crippen molar-refractivity contribution in [1.29, 1.82) is 0 Å². The van der Waals surface area contributed by atoms with E-state index in [9.17, 15) is 0 Å². The van der Waals surface area contributed by atoms with Crippen molar-refractivity contribution >= 4 is 0 Å². The van der Waals surface area contributed by atoms with Gasteiger partial charge in [-0.2, -0.15) is 0 Å². The second-order valence-corrected chi connectivity index (χ2v) is 4.56. The number of pyridine rings is 2. The Bertz CT molecular complexity index is 502. The van der Waals surface area contributed by atoms with Crippen LogP contribution >= 0.6 is 0 Å². The molecule has 20 heavy (non-hydrogen) atoms. The van der Waals surface area contributed by atoms with E-state index in [1.807, 2.05) is 36.7 Å². The normalized spacial score (nSPS) is 10.4. The SMILES string of the molecule is CCNCc1cccnc1OCCCc1ccncc1. The zero-order chi connectivity index (χ0) is 14.0. The first kappa shape index (κ1) is 14.5. The third-order valence-corrected chi connectivity index (χ3v) is 3.01. The van der Waals surface area contributed by atoms with Crippen LogP contribution in [0.5, 0.6) is 5.88 Å². The largest absolute Gasteiger partial charge is 0.477 e. The summed E-state index contributed by atoms with van der Waals surface area (Å²) in [6.45, 7) is 4.50. The van der Waals surface area contributed by atoms with Gasteiger partial charge < -0.3 is 10.1 Å². The Morgan fingerprint density at radius 3 is 2.80 bits per heavy atom. The van der Waals surface area contributed by atoms with Crippen molar-refractivity contribution in [2.75, 3.05) is 13.2 Å². The number of rotatable bonds is 8. The van der Waals surface area contributed by atoms with Gasteiger partial charge in [0.25, 0.3) is 0 Å². The highest BCUT2D eigenvalue weighted by Crippen LogP contribution is 2.14. The quantitative estimate of drug-likeness (QED) is 0.750. The third kappa shape index (κ3) is 4.63. The van der Waals surface area contributed by atoms with Gasteiger partial charge in [0, 0.05) is 30.7 Å². The molecule has 2 aromatic rings. The minimum absolute atomic E-state index is 0.679. The van der Waals surface area contributed by atoms with Crippen LogP contribution in [-0.4, -0.2) is 23.1 Å². The monoisotopic (exact) mass is 271 g/mol. The summed E-state index contributed by atoms with van der Waals surface area (Å²) >= 11 is 0. The summed E-state index contributed by atoms with van der Waals surface area (Å²) in [5, 5.41) is 3.29. The molecular formula is C16H21N3O. The Labute approximate surface area is 120 Å². The Balaban J connectivity index is 1.79. The maximum absolute atomic E-state index is 5.79. The van der Waals surface area contributed by atoms with Crippen molar-refractivity contribution in [3.8, 4) is 5.88 Å². The number of hydrogen-bond acceptors (Lipinski definition) is 4. The fourth-order valence-corrected chi connectivity index (χ4v) is 1.94. The minimum Gasteiger partial charge on any atom is -0.477 e. The van der Waals surface area contributed by atoms with Crippen LogP contribution in [0.3, 0.4) is 0 Å². The zero-order valence-electron chi connectivity index (χ0n) is 11.9. The van der Waals surface area contributed by atoms with Crippen molar-refractivity contribution in [1.82, 2.24) is 15.3 Å². The van der Waals surface area contributed by atoms with Crippen LogP contribution in [0.4, 0.5) is 0 Å². The lowest BCUT2D eigenvalue weighted by Gasteiger charge is -2.10. The van der Waals surface area contributed by atoms with E-state index >= 15 is 0 Å². The predicted octanol–water partition coefficient (Wildman–Crippen LogP) is 2.60. The molecule has 0 aliphatic carbocycles. The topological polar surface area (TPSA) is 47.0 Å². The Kier molecular flexibility index (Phi) is 5.99. The smallest absolute Gasteiger partial charge is 0.217 e. The lowest BCUT2D eigenvalue weighted by atomic mass is 10.1. The van der Waals surface area contributed by atoms with Gasteiger partial charge >= 0.3 is 0 Å². The fourth-order valence-electron chi connectivity index (χ4n) is 1.94. The molecule has 0 aliphatic heterocycles. The van der Waals surface area contributed by atoms with E-state index < -0.39 is 0 Å². The van der Waals surface area contributed by atoms with Crippen LogP contribution in [0.2, 0.25) is 0 Å². The average molecular weight is 271 g/mol. The van der Waals surface area contributed by atoms with E-state index in [1.54, 1.807) is 6.20 Å². The lowest BCUT2D eigenvalue weighted by molar-refractivity contribution is 0.295. The van der Waals surface area contributed by atoms with Gasteiger partial charge in [-0.3, -0.25) is 4.98 Å². The third-order valence-electron chi connectivity index (χ3n) is 3.01. The van der Waals surface area contributed by atoms with Crippen LogP contribution < -0.4 is 10.1 Å². The number of aryl methyl sites for hydroxylation is 1. The first-order valence-corrected chi connectivity index (χ1v) is 7.06. The van der Waals surface area contributed by atoms with Gasteiger partial charge in [-0.25, -0.2) is 4.98 Å². The van der Waals surface area contributed by atoms with Gasteiger partial charge in [-0.15, -0.1) is 0 Å². The lowest BCUT2D eigenvalue weighted by Crippen LogP contribution is -2.13. The zero-order valence-corrected chi connectivity index (χ0v) is 11.9. The molecule has 4 heteroatoms.